The molecule has 2 aromatic carbocycles. The van der Waals surface area contributed by atoms with Crippen LogP contribution >= 0.6 is 24.8 Å². The molecule has 0 atom stereocenters. The summed E-state index contributed by atoms with van der Waals surface area (Å²) in [5.74, 6) is 0. The molecule has 0 aliphatic heterocycles. The molecule has 0 amide bonds. The molecule has 6 heteroatoms. The first-order chi connectivity index (χ1) is 13.2. The van der Waals surface area contributed by atoms with Gasteiger partial charge in [0.05, 0.1) is 0 Å². The van der Waals surface area contributed by atoms with Crippen molar-refractivity contribution in [2.75, 3.05) is 6.61 Å². The van der Waals surface area contributed by atoms with Gasteiger partial charge in [0.1, 0.15) is 0 Å². The first-order valence-corrected chi connectivity index (χ1v) is 26.6. The molecular weight excluding hydrogens is 523 g/mol. The number of allylic oxidation sites excluding steroid dienone is 4. The van der Waals surface area contributed by atoms with Crippen molar-refractivity contribution < 1.29 is 21.8 Å². The van der Waals surface area contributed by atoms with Crippen molar-refractivity contribution in [3.8, 4) is 11.1 Å². The van der Waals surface area contributed by atoms with Crippen LogP contribution in [-0.2, 0) is 21.8 Å². The summed E-state index contributed by atoms with van der Waals surface area (Å²) in [5, 5.41) is 0. The van der Waals surface area contributed by atoms with Gasteiger partial charge >= 0.3 is 174 Å². The van der Waals surface area contributed by atoms with E-state index in [4.69, 9.17) is 4.43 Å². The Bertz CT molecular complexity index is 1010. The van der Waals surface area contributed by atoms with Crippen LogP contribution in [0.5, 0.6) is 0 Å². The van der Waals surface area contributed by atoms with E-state index in [1.807, 2.05) is 0 Å². The number of fused-ring (bicyclic) bond motifs is 3. The van der Waals surface area contributed by atoms with Gasteiger partial charge in [0.15, 0.2) is 0 Å². The molecular formula is C24H34Cl2OSi2Zr. The van der Waals surface area contributed by atoms with Crippen LogP contribution in [0.15, 0.2) is 70.0 Å². The van der Waals surface area contributed by atoms with Gasteiger partial charge < -0.3 is 0 Å². The van der Waals surface area contributed by atoms with E-state index in [9.17, 15) is 0 Å². The Morgan fingerprint density at radius 3 is 1.97 bits per heavy atom. The fourth-order valence-electron chi connectivity index (χ4n) is 5.20. The molecule has 0 fully saturated rings. The molecule has 0 N–H and O–H groups in total. The van der Waals surface area contributed by atoms with Gasteiger partial charge in [0.2, 0.25) is 0 Å². The SMILES string of the molecule is C[Si](C)(C)OC[CH2][Zr]([CH3])(=[SiH2])([C]1=CC=CC1)[CH]1c2ccccc2-c2ccccc21.Cl.Cl. The maximum Gasteiger partial charge on any atom is -0.147 e. The van der Waals surface area contributed by atoms with Crippen molar-refractivity contribution in [3.63, 3.8) is 0 Å². The zero-order valence-electron chi connectivity index (χ0n) is 18.5. The zero-order chi connectivity index (χ0) is 20.0. The van der Waals surface area contributed by atoms with E-state index in [0.717, 1.165) is 13.0 Å². The Labute approximate surface area is 197 Å². The van der Waals surface area contributed by atoms with Gasteiger partial charge in [0, 0.05) is 0 Å². The standard InChI is InChI=1S/C13H9.C5H13OSi.C5H5.CH3.2ClH.H2Si.Zr/c1-3-7-12-10(5-1)9-11-6-2-4-8-13(11)12;1-5-6-7(2,3)4;1-2-4-5-3-1;;;;;/h1-9H;1,5H2,2-4H3;1-3H,4H2;1H3;2*1H;1H2;. The Kier molecular flexibility index (Phi) is 8.10. The van der Waals surface area contributed by atoms with E-state index in [1.165, 1.54) is 15.3 Å². The third kappa shape index (κ3) is 4.60. The fourth-order valence-corrected chi connectivity index (χ4v) is 24.4. The molecule has 2 aromatic rings. The van der Waals surface area contributed by atoms with Gasteiger partial charge in [-0.25, -0.2) is 0 Å². The number of hydrogen-bond acceptors (Lipinski definition) is 1. The van der Waals surface area contributed by atoms with Crippen molar-refractivity contribution in [2.45, 2.75) is 38.4 Å². The molecule has 2 aliphatic carbocycles. The Morgan fingerprint density at radius 1 is 0.967 bits per heavy atom. The maximum atomic E-state index is 6.43. The third-order valence-corrected chi connectivity index (χ3v) is 30.2. The van der Waals surface area contributed by atoms with Crippen LogP contribution in [0, 0.1) is 0 Å². The second-order valence-corrected chi connectivity index (χ2v) is 42.2. The van der Waals surface area contributed by atoms with Gasteiger partial charge in [-0.3, -0.25) is 0 Å². The molecule has 0 unspecified atom stereocenters. The summed E-state index contributed by atoms with van der Waals surface area (Å²) < 4.78 is 12.7. The van der Waals surface area contributed by atoms with E-state index in [1.54, 1.807) is 14.4 Å². The molecule has 30 heavy (non-hydrogen) atoms. The molecule has 0 bridgehead atoms. The van der Waals surface area contributed by atoms with Gasteiger partial charge in [-0.2, -0.15) is 0 Å². The Balaban J connectivity index is 0.00000160. The van der Waals surface area contributed by atoms with Crippen LogP contribution in [0.1, 0.15) is 21.2 Å². The van der Waals surface area contributed by atoms with E-state index in [2.05, 4.69) is 97.9 Å². The Morgan fingerprint density at radius 2 is 1.50 bits per heavy atom. The van der Waals surface area contributed by atoms with Crippen LogP contribution in [0.25, 0.3) is 11.1 Å². The monoisotopic (exact) mass is 554 g/mol. The molecule has 0 saturated heterocycles. The molecule has 2 aliphatic rings. The van der Waals surface area contributed by atoms with Crippen molar-refractivity contribution >= 4 is 40.0 Å². The summed E-state index contributed by atoms with van der Waals surface area (Å²) in [4.78, 5) is 0. The molecule has 0 heterocycles. The summed E-state index contributed by atoms with van der Waals surface area (Å²) >= 11 is -3.40. The fraction of sp³-hybridized carbons (Fsp3) is 0.333. The summed E-state index contributed by atoms with van der Waals surface area (Å²) in [7, 11) is -1.51. The van der Waals surface area contributed by atoms with Crippen LogP contribution in [0.4, 0.5) is 0 Å². The summed E-state index contributed by atoms with van der Waals surface area (Å²) in [5.41, 5.74) is 6.03. The van der Waals surface area contributed by atoms with Crippen LogP contribution in [-0.4, -0.2) is 21.8 Å². The van der Waals surface area contributed by atoms with Crippen molar-refractivity contribution in [1.82, 2.24) is 0 Å². The van der Waals surface area contributed by atoms with E-state index >= 15 is 0 Å². The van der Waals surface area contributed by atoms with Gasteiger partial charge in [0.25, 0.3) is 0 Å². The zero-order valence-corrected chi connectivity index (χ0v) is 25.0. The molecule has 0 spiro atoms. The van der Waals surface area contributed by atoms with E-state index in [-0.39, 0.29) is 24.8 Å². The minimum Gasteiger partial charge on any atom is -0.147 e. The minimum atomic E-state index is -3.40. The largest absolute Gasteiger partial charge is 0.147 e. The molecule has 1 nitrogen and oxygen atoms in total. The van der Waals surface area contributed by atoms with Gasteiger partial charge in [-0.05, 0) is 0 Å². The average molecular weight is 557 g/mol. The summed E-state index contributed by atoms with van der Waals surface area (Å²) in [6, 6.07) is 18.3. The predicted octanol–water partition coefficient (Wildman–Crippen LogP) is 7.00. The first-order valence-electron chi connectivity index (χ1n) is 10.4. The van der Waals surface area contributed by atoms with Gasteiger partial charge in [-0.1, -0.05) is 0 Å². The number of rotatable bonds is 6. The molecule has 162 valence electrons. The number of benzene rings is 2. The average Bonchev–Trinajstić information content (AvgIpc) is 3.28. The number of halogens is 2. The topological polar surface area (TPSA) is 9.23 Å². The van der Waals surface area contributed by atoms with Crippen LogP contribution in [0.3, 0.4) is 0 Å². The first kappa shape index (κ1) is 26.0. The summed E-state index contributed by atoms with van der Waals surface area (Å²) in [6.45, 7) is 10.2. The quantitative estimate of drug-likeness (QED) is 0.348. The minimum absolute atomic E-state index is 0. The smallest absolute Gasteiger partial charge is 0.147 e. The Hall–Kier alpha value is -0.223. The molecule has 0 aromatic heterocycles. The van der Waals surface area contributed by atoms with Crippen molar-refractivity contribution in [1.29, 1.82) is 0 Å². The molecule has 4 rings (SSSR count). The van der Waals surface area contributed by atoms with Crippen LogP contribution < -0.4 is 0 Å². The summed E-state index contributed by atoms with van der Waals surface area (Å²) in [6.07, 6.45) is 8.23. The van der Waals surface area contributed by atoms with Crippen LogP contribution in [0.2, 0.25) is 28.4 Å². The normalized spacial score (nSPS) is 15.7. The van der Waals surface area contributed by atoms with Gasteiger partial charge in [-0.15, -0.1) is 24.8 Å². The maximum absolute atomic E-state index is 6.43. The predicted molar refractivity (Wildman–Crippen MR) is 139 cm³/mol. The van der Waals surface area contributed by atoms with Crippen molar-refractivity contribution in [2.24, 2.45) is 0 Å². The van der Waals surface area contributed by atoms with Crippen molar-refractivity contribution in [3.05, 3.63) is 81.2 Å². The molecule has 0 saturated carbocycles. The molecule has 0 radical (unpaired) electrons. The second kappa shape index (κ2) is 9.33. The van der Waals surface area contributed by atoms with E-state index in [0.29, 0.717) is 3.63 Å². The number of hydrogen-bond donors (Lipinski definition) is 0. The second-order valence-electron chi connectivity index (χ2n) is 10.0. The third-order valence-electron chi connectivity index (χ3n) is 6.74. The van der Waals surface area contributed by atoms with E-state index < -0.39 is 25.7 Å².